The van der Waals surface area contributed by atoms with Gasteiger partial charge in [-0.1, -0.05) is 41.9 Å². The zero-order valence-electron chi connectivity index (χ0n) is 20.7. The molecule has 1 aromatic heterocycles. The molecule has 4 rings (SSSR count). The molecule has 0 aliphatic heterocycles. The molecule has 0 fully saturated rings. The molecule has 0 bridgehead atoms. The lowest BCUT2D eigenvalue weighted by molar-refractivity contribution is 0.267. The SMILES string of the molecule is CCOc1cc(C=Nn2c([C@H](C)CC)nc3ccc(Br)cc3c2=O)cc(Br)c1OCc1cccc(F)c1. The summed E-state index contributed by atoms with van der Waals surface area (Å²) in [5.74, 6) is 1.31. The van der Waals surface area contributed by atoms with Gasteiger partial charge in [-0.25, -0.2) is 9.37 Å². The number of aromatic nitrogens is 2. The molecule has 0 aliphatic carbocycles. The zero-order chi connectivity index (χ0) is 26.5. The van der Waals surface area contributed by atoms with E-state index in [0.29, 0.717) is 50.4 Å². The normalized spacial score (nSPS) is 12.3. The third kappa shape index (κ3) is 6.27. The molecular formula is C28H26Br2FN3O3. The van der Waals surface area contributed by atoms with Gasteiger partial charge in [-0.15, -0.1) is 0 Å². The standard InChI is InChI=1S/C28H26Br2FN3O3/c1-4-17(3)27-33-24-10-9-20(29)14-22(24)28(35)34(27)32-15-19-12-23(30)26(25(13-19)36-5-2)37-16-18-7-6-8-21(31)11-18/h6-15,17H,4-5,16H2,1-3H3/t17-/m1/s1. The van der Waals surface area contributed by atoms with Crippen LogP contribution in [0.2, 0.25) is 0 Å². The van der Waals surface area contributed by atoms with Crippen LogP contribution >= 0.6 is 31.9 Å². The Morgan fingerprint density at radius 2 is 1.92 bits per heavy atom. The van der Waals surface area contributed by atoms with Crippen molar-refractivity contribution in [2.45, 2.75) is 39.7 Å². The molecule has 192 valence electrons. The molecule has 0 N–H and O–H groups in total. The molecule has 0 radical (unpaired) electrons. The molecule has 6 nitrogen and oxygen atoms in total. The molecule has 4 aromatic rings. The van der Waals surface area contributed by atoms with Crippen molar-refractivity contribution in [3.63, 3.8) is 0 Å². The Bertz CT molecular complexity index is 1520. The van der Waals surface area contributed by atoms with Crippen LogP contribution in [-0.2, 0) is 6.61 Å². The van der Waals surface area contributed by atoms with Crippen molar-refractivity contribution in [2.24, 2.45) is 5.10 Å². The number of rotatable bonds is 9. The molecule has 0 amide bonds. The summed E-state index contributed by atoms with van der Waals surface area (Å²) in [6, 6.07) is 15.3. The molecular weight excluding hydrogens is 605 g/mol. The van der Waals surface area contributed by atoms with Crippen molar-refractivity contribution in [3.8, 4) is 11.5 Å². The number of halogens is 3. The first-order valence-corrected chi connectivity index (χ1v) is 13.5. The Morgan fingerprint density at radius 1 is 1.11 bits per heavy atom. The van der Waals surface area contributed by atoms with E-state index in [2.05, 4.69) is 37.0 Å². The Labute approximate surface area is 231 Å². The summed E-state index contributed by atoms with van der Waals surface area (Å²) in [4.78, 5) is 18.1. The van der Waals surface area contributed by atoms with Crippen molar-refractivity contribution in [1.82, 2.24) is 9.66 Å². The third-order valence-corrected chi connectivity index (χ3v) is 6.89. The molecule has 37 heavy (non-hydrogen) atoms. The lowest BCUT2D eigenvalue weighted by atomic mass is 10.1. The highest BCUT2D eigenvalue weighted by molar-refractivity contribution is 9.10. The van der Waals surface area contributed by atoms with Crippen LogP contribution in [0.5, 0.6) is 11.5 Å². The fourth-order valence-electron chi connectivity index (χ4n) is 3.75. The fraction of sp³-hybridized carbons (Fsp3) is 0.250. The minimum absolute atomic E-state index is 0.0298. The maximum atomic E-state index is 13.6. The summed E-state index contributed by atoms with van der Waals surface area (Å²) >= 11 is 6.99. The van der Waals surface area contributed by atoms with Crippen LogP contribution in [0.1, 0.15) is 50.1 Å². The van der Waals surface area contributed by atoms with Gasteiger partial charge >= 0.3 is 0 Å². The Hall–Kier alpha value is -3.04. The van der Waals surface area contributed by atoms with E-state index in [-0.39, 0.29) is 23.9 Å². The largest absolute Gasteiger partial charge is 0.490 e. The van der Waals surface area contributed by atoms with Gasteiger partial charge in [0.25, 0.3) is 5.56 Å². The van der Waals surface area contributed by atoms with E-state index in [0.717, 1.165) is 10.9 Å². The number of ether oxygens (including phenoxy) is 2. The van der Waals surface area contributed by atoms with Gasteiger partial charge in [0.1, 0.15) is 18.2 Å². The maximum absolute atomic E-state index is 13.6. The highest BCUT2D eigenvalue weighted by atomic mass is 79.9. The third-order valence-electron chi connectivity index (χ3n) is 5.81. The first-order valence-electron chi connectivity index (χ1n) is 11.9. The maximum Gasteiger partial charge on any atom is 0.282 e. The van der Waals surface area contributed by atoms with Crippen molar-refractivity contribution >= 4 is 49.0 Å². The van der Waals surface area contributed by atoms with Crippen molar-refractivity contribution in [3.05, 3.63) is 96.7 Å². The van der Waals surface area contributed by atoms with E-state index < -0.39 is 0 Å². The van der Waals surface area contributed by atoms with Gasteiger partial charge in [0.05, 0.1) is 28.2 Å². The Balaban J connectivity index is 1.71. The molecule has 0 aliphatic rings. The molecule has 0 saturated carbocycles. The van der Waals surface area contributed by atoms with Gasteiger partial charge in [-0.05, 0) is 82.9 Å². The second-order valence-electron chi connectivity index (χ2n) is 8.48. The zero-order valence-corrected chi connectivity index (χ0v) is 23.8. The van der Waals surface area contributed by atoms with E-state index in [9.17, 15) is 9.18 Å². The van der Waals surface area contributed by atoms with Crippen LogP contribution < -0.4 is 15.0 Å². The second-order valence-corrected chi connectivity index (χ2v) is 10.3. The number of benzene rings is 3. The van der Waals surface area contributed by atoms with Gasteiger partial charge in [0, 0.05) is 10.4 Å². The van der Waals surface area contributed by atoms with E-state index in [1.807, 2.05) is 39.0 Å². The van der Waals surface area contributed by atoms with Gasteiger partial charge in [0.2, 0.25) is 0 Å². The molecule has 0 unspecified atom stereocenters. The Morgan fingerprint density at radius 3 is 2.65 bits per heavy atom. The van der Waals surface area contributed by atoms with E-state index >= 15 is 0 Å². The summed E-state index contributed by atoms with van der Waals surface area (Å²) in [5, 5.41) is 5.02. The van der Waals surface area contributed by atoms with Crippen LogP contribution in [0.15, 0.2) is 73.4 Å². The Kier molecular flexibility index (Phi) is 8.76. The van der Waals surface area contributed by atoms with Crippen molar-refractivity contribution in [1.29, 1.82) is 0 Å². The average molecular weight is 631 g/mol. The molecule has 1 heterocycles. The predicted octanol–water partition coefficient (Wildman–Crippen LogP) is 7.43. The number of nitrogens with zero attached hydrogens (tertiary/aromatic N) is 3. The van der Waals surface area contributed by atoms with E-state index in [4.69, 9.17) is 14.5 Å². The molecule has 0 saturated heterocycles. The summed E-state index contributed by atoms with van der Waals surface area (Å²) in [5.41, 5.74) is 1.80. The van der Waals surface area contributed by atoms with Crippen LogP contribution in [0.4, 0.5) is 4.39 Å². The van der Waals surface area contributed by atoms with Crippen LogP contribution in [0.25, 0.3) is 10.9 Å². The first-order chi connectivity index (χ1) is 17.8. The quantitative estimate of drug-likeness (QED) is 0.180. The summed E-state index contributed by atoms with van der Waals surface area (Å²) in [6.45, 7) is 6.54. The molecule has 9 heteroatoms. The van der Waals surface area contributed by atoms with Crippen molar-refractivity contribution in [2.75, 3.05) is 6.61 Å². The summed E-state index contributed by atoms with van der Waals surface area (Å²) in [6.07, 6.45) is 2.41. The monoisotopic (exact) mass is 629 g/mol. The van der Waals surface area contributed by atoms with Gasteiger partial charge in [-0.2, -0.15) is 9.78 Å². The van der Waals surface area contributed by atoms with E-state index in [1.54, 1.807) is 30.5 Å². The highest BCUT2D eigenvalue weighted by Crippen LogP contribution is 2.37. The lowest BCUT2D eigenvalue weighted by Crippen LogP contribution is -2.23. The highest BCUT2D eigenvalue weighted by Gasteiger charge is 2.16. The minimum Gasteiger partial charge on any atom is -0.490 e. The minimum atomic E-state index is -0.320. The van der Waals surface area contributed by atoms with Crippen molar-refractivity contribution < 1.29 is 13.9 Å². The second kappa shape index (κ2) is 12.0. The van der Waals surface area contributed by atoms with Gasteiger partial charge < -0.3 is 9.47 Å². The van der Waals surface area contributed by atoms with Gasteiger partial charge in [0.15, 0.2) is 11.5 Å². The van der Waals surface area contributed by atoms with Crippen LogP contribution in [-0.4, -0.2) is 22.5 Å². The molecule has 3 aromatic carbocycles. The number of hydrogen-bond acceptors (Lipinski definition) is 5. The lowest BCUT2D eigenvalue weighted by Gasteiger charge is -2.15. The predicted molar refractivity (Wildman–Crippen MR) is 151 cm³/mol. The molecule has 1 atom stereocenters. The van der Waals surface area contributed by atoms with Gasteiger partial charge in [-0.3, -0.25) is 4.79 Å². The summed E-state index contributed by atoms with van der Waals surface area (Å²) in [7, 11) is 0. The average Bonchev–Trinajstić information content (AvgIpc) is 2.87. The number of fused-ring (bicyclic) bond motifs is 1. The van der Waals surface area contributed by atoms with E-state index in [1.165, 1.54) is 16.8 Å². The first kappa shape index (κ1) is 27.0. The van der Waals surface area contributed by atoms with Crippen LogP contribution in [0, 0.1) is 5.82 Å². The van der Waals surface area contributed by atoms with Crippen LogP contribution in [0.3, 0.4) is 0 Å². The summed E-state index contributed by atoms with van der Waals surface area (Å²) < 4.78 is 28.1. The smallest absolute Gasteiger partial charge is 0.282 e. The fourth-order valence-corrected chi connectivity index (χ4v) is 4.69. The molecule has 0 spiro atoms. The number of hydrogen-bond donors (Lipinski definition) is 0. The topological polar surface area (TPSA) is 65.7 Å².